The summed E-state index contributed by atoms with van der Waals surface area (Å²) in [6.45, 7) is 4.52. The standard InChI is InChI=1S/C14H18Cl2O2/c1-3-5-13(17)14(18-6-4-2)10-7-11(15)9-12(16)8-10/h7-9,14H,3-6H2,1-2H3. The first-order chi connectivity index (χ1) is 8.58. The first-order valence-corrected chi connectivity index (χ1v) is 6.94. The minimum atomic E-state index is -0.555. The monoisotopic (exact) mass is 288 g/mol. The van der Waals surface area contributed by atoms with Crippen molar-refractivity contribution in [2.45, 2.75) is 39.2 Å². The van der Waals surface area contributed by atoms with Crippen LogP contribution in [0.25, 0.3) is 0 Å². The highest BCUT2D eigenvalue weighted by Crippen LogP contribution is 2.27. The molecular formula is C14H18Cl2O2. The smallest absolute Gasteiger partial charge is 0.166 e. The van der Waals surface area contributed by atoms with Crippen molar-refractivity contribution in [2.24, 2.45) is 0 Å². The molecule has 1 aromatic carbocycles. The summed E-state index contributed by atoms with van der Waals surface area (Å²) < 4.78 is 5.63. The van der Waals surface area contributed by atoms with E-state index in [1.54, 1.807) is 18.2 Å². The molecular weight excluding hydrogens is 271 g/mol. The molecule has 0 spiro atoms. The van der Waals surface area contributed by atoms with Crippen molar-refractivity contribution < 1.29 is 9.53 Å². The number of rotatable bonds is 7. The van der Waals surface area contributed by atoms with Crippen LogP contribution in [0.5, 0.6) is 0 Å². The predicted molar refractivity (Wildman–Crippen MR) is 75.4 cm³/mol. The Morgan fingerprint density at radius 1 is 1.17 bits per heavy atom. The first kappa shape index (κ1) is 15.5. The Bertz CT molecular complexity index is 385. The van der Waals surface area contributed by atoms with Gasteiger partial charge in [-0.15, -0.1) is 0 Å². The van der Waals surface area contributed by atoms with Gasteiger partial charge in [0, 0.05) is 23.1 Å². The molecule has 1 unspecified atom stereocenters. The van der Waals surface area contributed by atoms with Gasteiger partial charge in [-0.05, 0) is 36.6 Å². The van der Waals surface area contributed by atoms with Gasteiger partial charge in [-0.2, -0.15) is 0 Å². The van der Waals surface area contributed by atoms with E-state index in [1.807, 2.05) is 13.8 Å². The number of hydrogen-bond acceptors (Lipinski definition) is 2. The maximum Gasteiger partial charge on any atom is 0.166 e. The van der Waals surface area contributed by atoms with Crippen LogP contribution >= 0.6 is 23.2 Å². The highest BCUT2D eigenvalue weighted by molar-refractivity contribution is 6.34. The fourth-order valence-corrected chi connectivity index (χ4v) is 2.26. The predicted octanol–water partition coefficient (Wildman–Crippen LogP) is 4.83. The Labute approximate surface area is 118 Å². The summed E-state index contributed by atoms with van der Waals surface area (Å²) in [5.41, 5.74) is 0.736. The van der Waals surface area contributed by atoms with Crippen LogP contribution in [0.15, 0.2) is 18.2 Å². The molecule has 100 valence electrons. The van der Waals surface area contributed by atoms with E-state index in [1.165, 1.54) is 0 Å². The zero-order valence-electron chi connectivity index (χ0n) is 10.7. The second-order valence-electron chi connectivity index (χ2n) is 4.17. The number of carbonyl (C=O) groups is 1. The zero-order valence-corrected chi connectivity index (χ0v) is 12.2. The maximum absolute atomic E-state index is 12.1. The van der Waals surface area contributed by atoms with Crippen molar-refractivity contribution in [1.82, 2.24) is 0 Å². The van der Waals surface area contributed by atoms with Crippen molar-refractivity contribution >= 4 is 29.0 Å². The summed E-state index contributed by atoms with van der Waals surface area (Å²) >= 11 is 11.9. The largest absolute Gasteiger partial charge is 0.366 e. The number of carbonyl (C=O) groups excluding carboxylic acids is 1. The van der Waals surface area contributed by atoms with Crippen LogP contribution in [0.1, 0.15) is 44.8 Å². The first-order valence-electron chi connectivity index (χ1n) is 6.18. The Kier molecular flexibility index (Phi) is 6.69. The van der Waals surface area contributed by atoms with Gasteiger partial charge in [0.1, 0.15) is 6.10 Å². The third-order valence-corrected chi connectivity index (χ3v) is 2.90. The van der Waals surface area contributed by atoms with Gasteiger partial charge in [-0.25, -0.2) is 0 Å². The lowest BCUT2D eigenvalue weighted by Gasteiger charge is -2.17. The van der Waals surface area contributed by atoms with E-state index in [9.17, 15) is 4.79 Å². The maximum atomic E-state index is 12.1. The fourth-order valence-electron chi connectivity index (χ4n) is 1.71. The van der Waals surface area contributed by atoms with E-state index in [4.69, 9.17) is 27.9 Å². The van der Waals surface area contributed by atoms with Gasteiger partial charge in [0.05, 0.1) is 0 Å². The van der Waals surface area contributed by atoms with Crippen LogP contribution in [0.3, 0.4) is 0 Å². The summed E-state index contributed by atoms with van der Waals surface area (Å²) in [7, 11) is 0. The summed E-state index contributed by atoms with van der Waals surface area (Å²) in [6.07, 6.45) is 1.61. The highest BCUT2D eigenvalue weighted by Gasteiger charge is 2.21. The van der Waals surface area contributed by atoms with Crippen molar-refractivity contribution in [1.29, 1.82) is 0 Å². The van der Waals surface area contributed by atoms with Gasteiger partial charge in [0.15, 0.2) is 5.78 Å². The van der Waals surface area contributed by atoms with E-state index < -0.39 is 6.10 Å². The lowest BCUT2D eigenvalue weighted by atomic mass is 10.0. The second kappa shape index (κ2) is 7.78. The molecule has 0 aromatic heterocycles. The molecule has 0 heterocycles. The molecule has 0 radical (unpaired) electrons. The molecule has 0 N–H and O–H groups in total. The molecule has 0 amide bonds. The molecule has 4 heteroatoms. The Hall–Kier alpha value is -0.570. The fraction of sp³-hybridized carbons (Fsp3) is 0.500. The third kappa shape index (κ3) is 4.60. The number of halogens is 2. The van der Waals surface area contributed by atoms with Gasteiger partial charge >= 0.3 is 0 Å². The third-order valence-electron chi connectivity index (χ3n) is 2.47. The highest BCUT2D eigenvalue weighted by atomic mass is 35.5. The minimum Gasteiger partial charge on any atom is -0.366 e. The van der Waals surface area contributed by atoms with Crippen molar-refractivity contribution in [3.8, 4) is 0 Å². The number of ether oxygens (including phenoxy) is 1. The SMILES string of the molecule is CCCOC(C(=O)CCC)c1cc(Cl)cc(Cl)c1. The molecule has 1 rings (SSSR count). The summed E-state index contributed by atoms with van der Waals surface area (Å²) in [4.78, 5) is 12.1. The summed E-state index contributed by atoms with van der Waals surface area (Å²) in [5, 5.41) is 1.04. The van der Waals surface area contributed by atoms with Crippen LogP contribution in [0.2, 0.25) is 10.0 Å². The van der Waals surface area contributed by atoms with E-state index in [-0.39, 0.29) is 5.78 Å². The molecule has 2 nitrogen and oxygen atoms in total. The van der Waals surface area contributed by atoms with Gasteiger partial charge in [0.2, 0.25) is 0 Å². The van der Waals surface area contributed by atoms with Gasteiger partial charge in [0.25, 0.3) is 0 Å². The molecule has 0 aliphatic carbocycles. The van der Waals surface area contributed by atoms with Gasteiger partial charge in [-0.1, -0.05) is 37.0 Å². The Balaban J connectivity index is 2.96. The molecule has 0 bridgehead atoms. The van der Waals surface area contributed by atoms with E-state index in [0.29, 0.717) is 23.1 Å². The summed E-state index contributed by atoms with van der Waals surface area (Å²) in [6, 6.07) is 5.12. The Morgan fingerprint density at radius 2 is 1.78 bits per heavy atom. The molecule has 0 aliphatic rings. The second-order valence-corrected chi connectivity index (χ2v) is 5.04. The van der Waals surface area contributed by atoms with Crippen molar-refractivity contribution in [2.75, 3.05) is 6.61 Å². The van der Waals surface area contributed by atoms with E-state index in [0.717, 1.165) is 18.4 Å². The lowest BCUT2D eigenvalue weighted by molar-refractivity contribution is -0.131. The topological polar surface area (TPSA) is 26.3 Å². The molecule has 18 heavy (non-hydrogen) atoms. The lowest BCUT2D eigenvalue weighted by Crippen LogP contribution is -2.16. The molecule has 0 saturated heterocycles. The normalized spacial score (nSPS) is 12.4. The molecule has 1 aromatic rings. The molecule has 0 fully saturated rings. The summed E-state index contributed by atoms with van der Waals surface area (Å²) in [5.74, 6) is 0.0734. The number of benzene rings is 1. The number of Topliss-reactive ketones (excluding diaryl/α,β-unsaturated/α-hetero) is 1. The van der Waals surface area contributed by atoms with Gasteiger partial charge < -0.3 is 4.74 Å². The van der Waals surface area contributed by atoms with E-state index in [2.05, 4.69) is 0 Å². The molecule has 0 aliphatic heterocycles. The van der Waals surface area contributed by atoms with E-state index >= 15 is 0 Å². The van der Waals surface area contributed by atoms with Crippen LogP contribution < -0.4 is 0 Å². The number of ketones is 1. The van der Waals surface area contributed by atoms with Crippen LogP contribution in [0, 0.1) is 0 Å². The van der Waals surface area contributed by atoms with Crippen LogP contribution in [0.4, 0.5) is 0 Å². The van der Waals surface area contributed by atoms with Gasteiger partial charge in [-0.3, -0.25) is 4.79 Å². The minimum absolute atomic E-state index is 0.0734. The molecule has 0 saturated carbocycles. The average Bonchev–Trinajstić information content (AvgIpc) is 2.28. The zero-order chi connectivity index (χ0) is 13.5. The van der Waals surface area contributed by atoms with Crippen molar-refractivity contribution in [3.05, 3.63) is 33.8 Å². The van der Waals surface area contributed by atoms with Crippen LogP contribution in [-0.4, -0.2) is 12.4 Å². The Morgan fingerprint density at radius 3 is 2.28 bits per heavy atom. The number of hydrogen-bond donors (Lipinski definition) is 0. The van der Waals surface area contributed by atoms with Crippen LogP contribution in [-0.2, 0) is 9.53 Å². The average molecular weight is 289 g/mol. The quantitative estimate of drug-likeness (QED) is 0.718. The van der Waals surface area contributed by atoms with Crippen molar-refractivity contribution in [3.63, 3.8) is 0 Å². The molecule has 1 atom stereocenters.